The summed E-state index contributed by atoms with van der Waals surface area (Å²) in [5.74, 6) is 0.463. The van der Waals surface area contributed by atoms with Crippen molar-refractivity contribution in [1.82, 2.24) is 5.32 Å². The molecule has 22 heavy (non-hydrogen) atoms. The number of hydrogen-bond acceptors (Lipinski definition) is 3. The third-order valence-corrected chi connectivity index (χ3v) is 5.93. The Hall–Kier alpha value is -1.32. The van der Waals surface area contributed by atoms with E-state index >= 15 is 0 Å². The van der Waals surface area contributed by atoms with Gasteiger partial charge in [-0.1, -0.05) is 31.5 Å². The van der Waals surface area contributed by atoms with Crippen LogP contribution in [-0.2, 0) is 18.4 Å². The number of fused-ring (bicyclic) bond motifs is 1. The van der Waals surface area contributed by atoms with E-state index in [2.05, 4.69) is 42.7 Å². The second-order valence-corrected chi connectivity index (χ2v) is 7.51. The largest absolute Gasteiger partial charge is 0.508 e. The van der Waals surface area contributed by atoms with Crippen LogP contribution in [0.5, 0.6) is 5.75 Å². The van der Waals surface area contributed by atoms with Crippen LogP contribution >= 0.6 is 11.3 Å². The number of aromatic hydroxyl groups is 1. The molecule has 0 saturated heterocycles. The lowest BCUT2D eigenvalue weighted by molar-refractivity contribution is 0.279. The molecule has 0 amide bonds. The average molecular weight is 315 g/mol. The fourth-order valence-electron chi connectivity index (χ4n) is 3.72. The minimum atomic E-state index is 0.0575. The predicted octanol–water partition coefficient (Wildman–Crippen LogP) is 4.62. The maximum atomic E-state index is 9.99. The predicted molar refractivity (Wildman–Crippen MR) is 93.6 cm³/mol. The summed E-state index contributed by atoms with van der Waals surface area (Å²) in [6.45, 7) is 4.59. The number of phenols is 1. The van der Waals surface area contributed by atoms with Gasteiger partial charge in [-0.25, -0.2) is 0 Å². The van der Waals surface area contributed by atoms with Crippen molar-refractivity contribution in [2.45, 2.75) is 57.5 Å². The van der Waals surface area contributed by atoms with Crippen LogP contribution in [0.15, 0.2) is 35.7 Å². The van der Waals surface area contributed by atoms with Crippen LogP contribution in [0.2, 0.25) is 0 Å². The van der Waals surface area contributed by atoms with Gasteiger partial charge in [0.1, 0.15) is 5.75 Å². The van der Waals surface area contributed by atoms with Crippen molar-refractivity contribution >= 4 is 11.3 Å². The molecule has 2 N–H and O–H groups in total. The Morgan fingerprint density at radius 2 is 2.18 bits per heavy atom. The topological polar surface area (TPSA) is 32.3 Å². The number of rotatable bonds is 5. The van der Waals surface area contributed by atoms with E-state index in [0.29, 0.717) is 11.8 Å². The number of nitrogens with one attached hydrogen (secondary N) is 1. The highest BCUT2D eigenvalue weighted by atomic mass is 32.1. The summed E-state index contributed by atoms with van der Waals surface area (Å²) in [6.07, 6.45) is 5.39. The highest BCUT2D eigenvalue weighted by Gasteiger charge is 2.31. The molecule has 1 unspecified atom stereocenters. The van der Waals surface area contributed by atoms with Gasteiger partial charge in [0.25, 0.3) is 0 Å². The Bertz CT molecular complexity index is 622. The van der Waals surface area contributed by atoms with Gasteiger partial charge in [-0.05, 0) is 61.2 Å². The fourth-order valence-corrected chi connectivity index (χ4v) is 4.60. The van der Waals surface area contributed by atoms with E-state index in [0.717, 1.165) is 31.2 Å². The van der Waals surface area contributed by atoms with Crippen molar-refractivity contribution in [3.63, 3.8) is 0 Å². The lowest BCUT2D eigenvalue weighted by Gasteiger charge is -2.37. The van der Waals surface area contributed by atoms with Crippen LogP contribution in [0.4, 0.5) is 0 Å². The second kappa shape index (κ2) is 6.43. The highest BCUT2D eigenvalue weighted by molar-refractivity contribution is 7.10. The zero-order valence-corrected chi connectivity index (χ0v) is 14.2. The van der Waals surface area contributed by atoms with Gasteiger partial charge in [-0.2, -0.15) is 0 Å². The lowest BCUT2D eigenvalue weighted by Crippen LogP contribution is -2.47. The molecule has 1 aromatic carbocycles. The van der Waals surface area contributed by atoms with E-state index in [4.69, 9.17) is 0 Å². The van der Waals surface area contributed by atoms with Crippen molar-refractivity contribution in [3.8, 4) is 5.75 Å². The molecule has 2 nitrogen and oxygen atoms in total. The highest BCUT2D eigenvalue weighted by Crippen LogP contribution is 2.34. The van der Waals surface area contributed by atoms with Crippen LogP contribution in [0.25, 0.3) is 0 Å². The first-order valence-electron chi connectivity index (χ1n) is 8.24. The summed E-state index contributed by atoms with van der Waals surface area (Å²) in [6, 6.07) is 10.8. The van der Waals surface area contributed by atoms with E-state index in [-0.39, 0.29) is 5.54 Å². The van der Waals surface area contributed by atoms with Crippen molar-refractivity contribution in [2.24, 2.45) is 0 Å². The first-order chi connectivity index (χ1) is 10.6. The van der Waals surface area contributed by atoms with Gasteiger partial charge in [0, 0.05) is 10.9 Å². The molecule has 1 aliphatic rings. The summed E-state index contributed by atoms with van der Waals surface area (Å²) in [5, 5.41) is 16.1. The van der Waals surface area contributed by atoms with E-state index in [1.165, 1.54) is 16.9 Å². The van der Waals surface area contributed by atoms with Crippen LogP contribution in [0.1, 0.15) is 49.1 Å². The standard InChI is InChI=1S/C19H25NOS/c1-3-11-19(2,18-8-5-12-22-18)20-15-9-10-16-14(13-15)6-4-7-17(16)21/h4-8,12,15,20-21H,3,9-11,13H2,1-2H3/t15-,19?/m0/s1. The van der Waals surface area contributed by atoms with Crippen LogP contribution < -0.4 is 5.32 Å². The summed E-state index contributed by atoms with van der Waals surface area (Å²) < 4.78 is 0. The van der Waals surface area contributed by atoms with Crippen LogP contribution in [0, 0.1) is 0 Å². The molecule has 2 atom stereocenters. The van der Waals surface area contributed by atoms with E-state index in [9.17, 15) is 5.11 Å². The summed E-state index contributed by atoms with van der Waals surface area (Å²) in [5.41, 5.74) is 2.50. The van der Waals surface area contributed by atoms with Gasteiger partial charge in [0.05, 0.1) is 5.54 Å². The Labute approximate surface area is 137 Å². The van der Waals surface area contributed by atoms with E-state index in [1.807, 2.05) is 17.4 Å². The first-order valence-corrected chi connectivity index (χ1v) is 9.12. The summed E-state index contributed by atoms with van der Waals surface area (Å²) in [7, 11) is 0. The lowest BCUT2D eigenvalue weighted by atomic mass is 9.85. The molecule has 0 bridgehead atoms. The molecule has 1 heterocycles. The SMILES string of the molecule is CCCC(C)(N[C@H]1CCc2c(O)cccc2C1)c1cccs1. The molecule has 0 saturated carbocycles. The Kier molecular flexibility index (Phi) is 4.55. The normalized spacial score (nSPS) is 20.4. The molecule has 118 valence electrons. The molecule has 0 fully saturated rings. The smallest absolute Gasteiger partial charge is 0.119 e. The third-order valence-electron chi connectivity index (χ3n) is 4.80. The number of phenolic OH excluding ortho intramolecular Hbond substituents is 1. The maximum Gasteiger partial charge on any atom is 0.119 e. The van der Waals surface area contributed by atoms with Gasteiger partial charge in [0.15, 0.2) is 0 Å². The minimum Gasteiger partial charge on any atom is -0.508 e. The third kappa shape index (κ3) is 3.06. The molecular weight excluding hydrogens is 290 g/mol. The Morgan fingerprint density at radius 3 is 2.91 bits per heavy atom. The molecule has 0 aliphatic heterocycles. The number of hydrogen-bond donors (Lipinski definition) is 2. The van der Waals surface area contributed by atoms with Gasteiger partial charge < -0.3 is 10.4 Å². The zero-order chi connectivity index (χ0) is 15.6. The molecule has 3 heteroatoms. The number of benzene rings is 1. The summed E-state index contributed by atoms with van der Waals surface area (Å²) >= 11 is 1.84. The Balaban J connectivity index is 1.78. The molecule has 3 rings (SSSR count). The fraction of sp³-hybridized carbons (Fsp3) is 0.474. The molecular formula is C19H25NOS. The Morgan fingerprint density at radius 1 is 1.32 bits per heavy atom. The molecule has 1 aliphatic carbocycles. The average Bonchev–Trinajstić information content (AvgIpc) is 3.02. The number of thiophene rings is 1. The van der Waals surface area contributed by atoms with Crippen LogP contribution in [0.3, 0.4) is 0 Å². The van der Waals surface area contributed by atoms with Crippen LogP contribution in [-0.4, -0.2) is 11.1 Å². The van der Waals surface area contributed by atoms with Crippen molar-refractivity contribution < 1.29 is 5.11 Å². The molecule has 0 spiro atoms. The molecule has 0 radical (unpaired) electrons. The maximum absolute atomic E-state index is 9.99. The summed E-state index contributed by atoms with van der Waals surface area (Å²) in [4.78, 5) is 1.43. The van der Waals surface area contributed by atoms with Gasteiger partial charge in [0.2, 0.25) is 0 Å². The van der Waals surface area contributed by atoms with Gasteiger partial charge in [-0.15, -0.1) is 11.3 Å². The first kappa shape index (κ1) is 15.6. The van der Waals surface area contributed by atoms with Crippen molar-refractivity contribution in [2.75, 3.05) is 0 Å². The van der Waals surface area contributed by atoms with Gasteiger partial charge >= 0.3 is 0 Å². The molecule has 1 aromatic heterocycles. The monoisotopic (exact) mass is 315 g/mol. The van der Waals surface area contributed by atoms with Gasteiger partial charge in [-0.3, -0.25) is 0 Å². The van der Waals surface area contributed by atoms with E-state index in [1.54, 1.807) is 6.07 Å². The van der Waals surface area contributed by atoms with Crippen molar-refractivity contribution in [1.29, 1.82) is 0 Å². The van der Waals surface area contributed by atoms with Crippen molar-refractivity contribution in [3.05, 3.63) is 51.7 Å². The minimum absolute atomic E-state index is 0.0575. The van der Waals surface area contributed by atoms with E-state index < -0.39 is 0 Å². The molecule has 2 aromatic rings. The quantitative estimate of drug-likeness (QED) is 0.844. The second-order valence-electron chi connectivity index (χ2n) is 6.56. The zero-order valence-electron chi connectivity index (χ0n) is 13.4.